The summed E-state index contributed by atoms with van der Waals surface area (Å²) in [4.78, 5) is 13.6. The molecule has 0 bridgehead atoms. The van der Waals surface area contributed by atoms with Crippen molar-refractivity contribution in [2.45, 2.75) is 6.42 Å². The minimum atomic E-state index is -0.0640. The van der Waals surface area contributed by atoms with Gasteiger partial charge in [0.25, 0.3) is 5.91 Å². The van der Waals surface area contributed by atoms with Gasteiger partial charge in [-0.1, -0.05) is 23.7 Å². The van der Waals surface area contributed by atoms with Crippen molar-refractivity contribution in [3.63, 3.8) is 0 Å². The zero-order valence-electron chi connectivity index (χ0n) is 10.0. The van der Waals surface area contributed by atoms with E-state index in [1.165, 1.54) is 0 Å². The molecule has 1 N–H and O–H groups in total. The van der Waals surface area contributed by atoms with Gasteiger partial charge in [0.15, 0.2) is 6.61 Å². The van der Waals surface area contributed by atoms with E-state index in [1.54, 1.807) is 17.0 Å². The highest BCUT2D eigenvalue weighted by atomic mass is 35.5. The molecule has 0 saturated carbocycles. The number of aliphatic hydroxyl groups excluding tert-OH is 1. The Morgan fingerprint density at radius 1 is 1.50 bits per heavy atom. The second-order valence-corrected chi connectivity index (χ2v) is 4.80. The zero-order chi connectivity index (χ0) is 13.0. The monoisotopic (exact) mass is 269 g/mol. The smallest absolute Gasteiger partial charge is 0.260 e. The molecule has 5 heteroatoms. The van der Waals surface area contributed by atoms with E-state index in [-0.39, 0.29) is 25.0 Å². The molecule has 1 heterocycles. The molecule has 1 aliphatic heterocycles. The number of carbonyl (C=O) groups excluding carboxylic acids is 1. The maximum absolute atomic E-state index is 11.9. The minimum absolute atomic E-state index is 0.0120. The van der Waals surface area contributed by atoms with Gasteiger partial charge in [-0.3, -0.25) is 4.79 Å². The van der Waals surface area contributed by atoms with Crippen molar-refractivity contribution in [2.75, 3.05) is 26.3 Å². The lowest BCUT2D eigenvalue weighted by Gasteiger charge is -2.16. The molecular formula is C13H16ClNO3. The number of amides is 1. The van der Waals surface area contributed by atoms with Crippen molar-refractivity contribution in [3.8, 4) is 5.75 Å². The van der Waals surface area contributed by atoms with Gasteiger partial charge in [0.05, 0.1) is 5.02 Å². The SMILES string of the molecule is O=C(COc1ccccc1Cl)N1CCC(CO)C1. The highest BCUT2D eigenvalue weighted by Crippen LogP contribution is 2.23. The molecule has 0 spiro atoms. The van der Waals surface area contributed by atoms with Crippen molar-refractivity contribution < 1.29 is 14.6 Å². The molecule has 1 aliphatic rings. The lowest BCUT2D eigenvalue weighted by atomic mass is 10.1. The summed E-state index contributed by atoms with van der Waals surface area (Å²) in [6, 6.07) is 7.07. The summed E-state index contributed by atoms with van der Waals surface area (Å²) >= 11 is 5.93. The molecule has 1 unspecified atom stereocenters. The molecule has 4 nitrogen and oxygen atoms in total. The molecule has 1 aromatic carbocycles. The Balaban J connectivity index is 1.84. The average Bonchev–Trinajstić information content (AvgIpc) is 2.86. The summed E-state index contributed by atoms with van der Waals surface area (Å²) in [6.45, 7) is 1.42. The maximum atomic E-state index is 11.9. The van der Waals surface area contributed by atoms with Gasteiger partial charge < -0.3 is 14.7 Å². The van der Waals surface area contributed by atoms with Crippen molar-refractivity contribution in [2.24, 2.45) is 5.92 Å². The number of hydrogen-bond donors (Lipinski definition) is 1. The van der Waals surface area contributed by atoms with E-state index in [2.05, 4.69) is 0 Å². The first kappa shape index (κ1) is 13.2. The molecule has 2 rings (SSSR count). The van der Waals surface area contributed by atoms with E-state index in [1.807, 2.05) is 12.1 Å². The molecule has 1 saturated heterocycles. The van der Waals surface area contributed by atoms with Gasteiger partial charge in [-0.15, -0.1) is 0 Å². The molecule has 1 fully saturated rings. The van der Waals surface area contributed by atoms with Gasteiger partial charge in [-0.05, 0) is 18.6 Å². The quantitative estimate of drug-likeness (QED) is 0.902. The van der Waals surface area contributed by atoms with Gasteiger partial charge >= 0.3 is 0 Å². The minimum Gasteiger partial charge on any atom is -0.482 e. The van der Waals surface area contributed by atoms with E-state index in [0.29, 0.717) is 23.9 Å². The first-order chi connectivity index (χ1) is 8.70. The van der Waals surface area contributed by atoms with E-state index >= 15 is 0 Å². The number of aliphatic hydroxyl groups is 1. The van der Waals surface area contributed by atoms with E-state index in [9.17, 15) is 4.79 Å². The maximum Gasteiger partial charge on any atom is 0.260 e. The second kappa shape index (κ2) is 6.07. The van der Waals surface area contributed by atoms with Crippen LogP contribution in [0, 0.1) is 5.92 Å². The third-order valence-corrected chi connectivity index (χ3v) is 3.40. The fourth-order valence-corrected chi connectivity index (χ4v) is 2.19. The third kappa shape index (κ3) is 3.15. The lowest BCUT2D eigenvalue weighted by Crippen LogP contribution is -2.33. The number of hydrogen-bond acceptors (Lipinski definition) is 3. The molecule has 1 aromatic rings. The van der Waals surface area contributed by atoms with Crippen LogP contribution in [0.25, 0.3) is 0 Å². The highest BCUT2D eigenvalue weighted by molar-refractivity contribution is 6.32. The number of likely N-dealkylation sites (tertiary alicyclic amines) is 1. The number of rotatable bonds is 4. The molecule has 1 atom stereocenters. The Kier molecular flexibility index (Phi) is 4.44. The highest BCUT2D eigenvalue weighted by Gasteiger charge is 2.25. The summed E-state index contributed by atoms with van der Waals surface area (Å²) in [5, 5.41) is 9.52. The van der Waals surface area contributed by atoms with Gasteiger partial charge in [0.2, 0.25) is 0 Å². The predicted octanol–water partition coefficient (Wildman–Crippen LogP) is 1.56. The Hall–Kier alpha value is -1.26. The third-order valence-electron chi connectivity index (χ3n) is 3.08. The van der Waals surface area contributed by atoms with Crippen molar-refractivity contribution in [1.82, 2.24) is 4.90 Å². The largest absolute Gasteiger partial charge is 0.482 e. The van der Waals surface area contributed by atoms with Gasteiger partial charge in [-0.25, -0.2) is 0 Å². The van der Waals surface area contributed by atoms with Crippen LogP contribution < -0.4 is 4.74 Å². The van der Waals surface area contributed by atoms with Crippen LogP contribution in [0.3, 0.4) is 0 Å². The van der Waals surface area contributed by atoms with Crippen molar-refractivity contribution in [1.29, 1.82) is 0 Å². The van der Waals surface area contributed by atoms with Crippen LogP contribution in [0.4, 0.5) is 0 Å². The number of ether oxygens (including phenoxy) is 1. The predicted molar refractivity (Wildman–Crippen MR) is 68.7 cm³/mol. The first-order valence-electron chi connectivity index (χ1n) is 5.96. The second-order valence-electron chi connectivity index (χ2n) is 4.40. The van der Waals surface area contributed by atoms with Gasteiger partial charge in [0.1, 0.15) is 5.75 Å². The van der Waals surface area contributed by atoms with E-state index < -0.39 is 0 Å². The topological polar surface area (TPSA) is 49.8 Å². The molecule has 98 valence electrons. The van der Waals surface area contributed by atoms with Crippen LogP contribution in [0.5, 0.6) is 5.75 Å². The summed E-state index contributed by atoms with van der Waals surface area (Å²) in [5.41, 5.74) is 0. The summed E-state index contributed by atoms with van der Waals surface area (Å²) < 4.78 is 5.39. The van der Waals surface area contributed by atoms with Crippen LogP contribution in [-0.4, -0.2) is 42.2 Å². The number of carbonyl (C=O) groups is 1. The van der Waals surface area contributed by atoms with Crippen molar-refractivity contribution in [3.05, 3.63) is 29.3 Å². The van der Waals surface area contributed by atoms with Crippen molar-refractivity contribution >= 4 is 17.5 Å². The van der Waals surface area contributed by atoms with Gasteiger partial charge in [-0.2, -0.15) is 0 Å². The van der Waals surface area contributed by atoms with Gasteiger partial charge in [0, 0.05) is 25.6 Å². The summed E-state index contributed by atoms with van der Waals surface area (Å²) in [6.07, 6.45) is 0.855. The molecule has 1 amide bonds. The molecule has 0 aromatic heterocycles. The van der Waals surface area contributed by atoms with E-state index in [4.69, 9.17) is 21.4 Å². The Morgan fingerprint density at radius 3 is 2.94 bits per heavy atom. The summed E-state index contributed by atoms with van der Waals surface area (Å²) in [5.74, 6) is 0.658. The fraction of sp³-hybridized carbons (Fsp3) is 0.462. The Labute approximate surface area is 111 Å². The normalized spacial score (nSPS) is 19.0. The zero-order valence-corrected chi connectivity index (χ0v) is 10.8. The number of halogens is 1. The van der Waals surface area contributed by atoms with Crippen LogP contribution in [0.2, 0.25) is 5.02 Å². The number of nitrogens with zero attached hydrogens (tertiary/aromatic N) is 1. The van der Waals surface area contributed by atoms with Crippen LogP contribution in [-0.2, 0) is 4.79 Å². The first-order valence-corrected chi connectivity index (χ1v) is 6.34. The molecule has 0 aliphatic carbocycles. The Bertz CT molecular complexity index is 424. The number of para-hydroxylation sites is 1. The molecular weight excluding hydrogens is 254 g/mol. The number of benzene rings is 1. The van der Waals surface area contributed by atoms with Crippen LogP contribution in [0.1, 0.15) is 6.42 Å². The van der Waals surface area contributed by atoms with Crippen LogP contribution in [0.15, 0.2) is 24.3 Å². The van der Waals surface area contributed by atoms with Crippen LogP contribution >= 0.6 is 11.6 Å². The average molecular weight is 270 g/mol. The van der Waals surface area contributed by atoms with E-state index in [0.717, 1.165) is 6.42 Å². The lowest BCUT2D eigenvalue weighted by molar-refractivity contribution is -0.132. The molecule has 18 heavy (non-hydrogen) atoms. The standard InChI is InChI=1S/C13H16ClNO3/c14-11-3-1-2-4-12(11)18-9-13(17)15-6-5-10(7-15)8-16/h1-4,10,16H,5-9H2. The fourth-order valence-electron chi connectivity index (χ4n) is 2.00. The summed E-state index contributed by atoms with van der Waals surface area (Å²) in [7, 11) is 0. The molecule has 0 radical (unpaired) electrons. The Morgan fingerprint density at radius 2 is 2.28 bits per heavy atom.